The van der Waals surface area contributed by atoms with E-state index in [4.69, 9.17) is 4.74 Å². The lowest BCUT2D eigenvalue weighted by Gasteiger charge is -2.36. The predicted molar refractivity (Wildman–Crippen MR) is 95.6 cm³/mol. The zero-order valence-corrected chi connectivity index (χ0v) is 14.9. The number of ether oxygens (including phenoxy) is 1. The molecule has 1 aliphatic heterocycles. The van der Waals surface area contributed by atoms with Gasteiger partial charge in [-0.3, -0.25) is 14.5 Å². The van der Waals surface area contributed by atoms with Gasteiger partial charge in [-0.1, -0.05) is 0 Å². The first-order valence-corrected chi connectivity index (χ1v) is 8.44. The molecule has 1 aliphatic rings. The van der Waals surface area contributed by atoms with E-state index in [0.717, 1.165) is 13.1 Å². The molecule has 0 aliphatic carbocycles. The van der Waals surface area contributed by atoms with E-state index >= 15 is 0 Å². The Balaban J connectivity index is 2.10. The Morgan fingerprint density at radius 3 is 2.46 bits per heavy atom. The van der Waals surface area contributed by atoms with Crippen molar-refractivity contribution in [3.8, 4) is 5.75 Å². The fraction of sp³-hybridized carbons (Fsp3) is 0.444. The van der Waals surface area contributed by atoms with Crippen molar-refractivity contribution in [1.82, 2.24) is 14.4 Å². The third-order valence-corrected chi connectivity index (χ3v) is 4.86. The molecule has 2 aromatic rings. The number of aliphatic carboxylic acids is 2. The van der Waals surface area contributed by atoms with Crippen LogP contribution in [0.25, 0.3) is 10.9 Å². The van der Waals surface area contributed by atoms with Gasteiger partial charge in [0.15, 0.2) is 0 Å². The summed E-state index contributed by atoms with van der Waals surface area (Å²) in [6, 6.07) is 4.46. The van der Waals surface area contributed by atoms with Crippen LogP contribution in [0.1, 0.15) is 11.6 Å². The van der Waals surface area contributed by atoms with Crippen molar-refractivity contribution in [2.45, 2.75) is 12.6 Å². The lowest BCUT2D eigenvalue weighted by atomic mass is 10.0. The first-order chi connectivity index (χ1) is 12.4. The first-order valence-electron chi connectivity index (χ1n) is 8.44. The molecule has 8 nitrogen and oxygen atoms in total. The molecule has 0 saturated carbocycles. The van der Waals surface area contributed by atoms with Gasteiger partial charge < -0.3 is 24.4 Å². The summed E-state index contributed by atoms with van der Waals surface area (Å²) in [6.07, 6.45) is 1.65. The topological polar surface area (TPSA) is 95.2 Å². The van der Waals surface area contributed by atoms with Gasteiger partial charge in [-0.25, -0.2) is 0 Å². The molecule has 3 rings (SSSR count). The zero-order chi connectivity index (χ0) is 18.8. The van der Waals surface area contributed by atoms with Crippen molar-refractivity contribution in [2.24, 2.45) is 0 Å². The lowest BCUT2D eigenvalue weighted by molar-refractivity contribution is -0.144. The summed E-state index contributed by atoms with van der Waals surface area (Å²) in [5.74, 6) is -1.31. The Morgan fingerprint density at radius 2 is 1.88 bits per heavy atom. The highest BCUT2D eigenvalue weighted by molar-refractivity contribution is 5.91. The maximum absolute atomic E-state index is 12.1. The number of hydrogen-bond acceptors (Lipinski definition) is 5. The molecule has 0 spiro atoms. The van der Waals surface area contributed by atoms with Gasteiger partial charge in [-0.2, -0.15) is 0 Å². The van der Waals surface area contributed by atoms with Crippen molar-refractivity contribution in [3.05, 3.63) is 30.0 Å². The summed E-state index contributed by atoms with van der Waals surface area (Å²) < 4.78 is 6.86. The maximum atomic E-state index is 12.1. The molecule has 140 valence electrons. The van der Waals surface area contributed by atoms with Crippen LogP contribution in [0, 0.1) is 0 Å². The molecule has 0 bridgehead atoms. The summed E-state index contributed by atoms with van der Waals surface area (Å²) in [5, 5.41) is 19.8. The SMILES string of the molecule is COc1ccc2c(c1)c([C@H](C(=O)O)N1CCN(C)CC1)cn2CC(=O)O. The van der Waals surface area contributed by atoms with Crippen molar-refractivity contribution in [3.63, 3.8) is 0 Å². The van der Waals surface area contributed by atoms with E-state index in [9.17, 15) is 19.8 Å². The Bertz CT molecular complexity index is 824. The van der Waals surface area contributed by atoms with Crippen LogP contribution in [-0.2, 0) is 16.1 Å². The summed E-state index contributed by atoms with van der Waals surface area (Å²) in [4.78, 5) is 27.4. The van der Waals surface area contributed by atoms with E-state index in [1.807, 2.05) is 11.9 Å². The number of methoxy groups -OCH3 is 1. The smallest absolute Gasteiger partial charge is 0.325 e. The normalized spacial score (nSPS) is 17.3. The molecule has 1 saturated heterocycles. The molecule has 2 N–H and O–H groups in total. The number of fused-ring (bicyclic) bond motifs is 1. The molecular weight excluding hydrogens is 338 g/mol. The summed E-state index contributed by atoms with van der Waals surface area (Å²) in [5.41, 5.74) is 1.28. The van der Waals surface area contributed by atoms with Gasteiger partial charge in [0.05, 0.1) is 7.11 Å². The molecule has 8 heteroatoms. The maximum Gasteiger partial charge on any atom is 0.325 e. The molecule has 0 radical (unpaired) electrons. The van der Waals surface area contributed by atoms with Crippen LogP contribution >= 0.6 is 0 Å². The highest BCUT2D eigenvalue weighted by Crippen LogP contribution is 2.33. The van der Waals surface area contributed by atoms with Crippen LogP contribution in [0.4, 0.5) is 0 Å². The number of hydrogen-bond donors (Lipinski definition) is 2. The number of aromatic nitrogens is 1. The zero-order valence-electron chi connectivity index (χ0n) is 14.9. The Labute approximate surface area is 151 Å². The number of piperazine rings is 1. The third kappa shape index (κ3) is 3.51. The number of carbonyl (C=O) groups is 2. The molecule has 0 amide bonds. The molecular formula is C18H23N3O5. The number of nitrogens with zero attached hydrogens (tertiary/aromatic N) is 3. The summed E-state index contributed by atoms with van der Waals surface area (Å²) in [7, 11) is 3.56. The van der Waals surface area contributed by atoms with Gasteiger partial charge in [0.25, 0.3) is 0 Å². The Hall–Kier alpha value is -2.58. The van der Waals surface area contributed by atoms with E-state index in [-0.39, 0.29) is 6.54 Å². The van der Waals surface area contributed by atoms with Crippen molar-refractivity contribution >= 4 is 22.8 Å². The van der Waals surface area contributed by atoms with E-state index in [2.05, 4.69) is 4.90 Å². The van der Waals surface area contributed by atoms with E-state index in [0.29, 0.717) is 35.3 Å². The standard InChI is InChI=1S/C18H23N3O5/c1-19-5-7-20(8-6-19)17(18(24)25)14-10-21(11-16(22)23)15-4-3-12(26-2)9-13(14)15/h3-4,9-10,17H,5-8,11H2,1-2H3,(H,22,23)(H,24,25)/t17-/m1/s1. The van der Waals surface area contributed by atoms with Gasteiger partial charge in [-0.15, -0.1) is 0 Å². The quantitative estimate of drug-likeness (QED) is 0.796. The van der Waals surface area contributed by atoms with Crippen molar-refractivity contribution < 1.29 is 24.5 Å². The number of carboxylic acid groups (broad SMARTS) is 2. The van der Waals surface area contributed by atoms with Crippen molar-refractivity contribution in [1.29, 1.82) is 0 Å². The number of likely N-dealkylation sites (N-methyl/N-ethyl adjacent to an activating group) is 1. The molecule has 2 heterocycles. The second-order valence-corrected chi connectivity index (χ2v) is 6.57. The average Bonchev–Trinajstić information content (AvgIpc) is 2.93. The highest BCUT2D eigenvalue weighted by Gasteiger charge is 2.32. The van der Waals surface area contributed by atoms with E-state index in [1.54, 1.807) is 36.1 Å². The van der Waals surface area contributed by atoms with Crippen LogP contribution in [0.3, 0.4) is 0 Å². The van der Waals surface area contributed by atoms with E-state index in [1.165, 1.54) is 0 Å². The minimum absolute atomic E-state index is 0.224. The molecule has 1 aromatic heterocycles. The monoisotopic (exact) mass is 361 g/mol. The summed E-state index contributed by atoms with van der Waals surface area (Å²) >= 11 is 0. The molecule has 1 fully saturated rings. The van der Waals surface area contributed by atoms with Crippen LogP contribution < -0.4 is 4.74 Å². The Kier molecular flexibility index (Phi) is 5.15. The predicted octanol–water partition coefficient (Wildman–Crippen LogP) is 1.11. The van der Waals surface area contributed by atoms with Gasteiger partial charge in [0, 0.05) is 48.8 Å². The fourth-order valence-corrected chi connectivity index (χ4v) is 3.49. The van der Waals surface area contributed by atoms with Crippen molar-refractivity contribution in [2.75, 3.05) is 40.3 Å². The van der Waals surface area contributed by atoms with E-state index < -0.39 is 18.0 Å². The molecule has 26 heavy (non-hydrogen) atoms. The van der Waals surface area contributed by atoms with Gasteiger partial charge in [0.1, 0.15) is 18.3 Å². The number of carboxylic acids is 2. The third-order valence-electron chi connectivity index (χ3n) is 4.86. The molecule has 1 atom stereocenters. The largest absolute Gasteiger partial charge is 0.497 e. The fourth-order valence-electron chi connectivity index (χ4n) is 3.49. The van der Waals surface area contributed by atoms with Crippen LogP contribution in [0.5, 0.6) is 5.75 Å². The number of benzene rings is 1. The van der Waals surface area contributed by atoms with Crippen LogP contribution in [0.15, 0.2) is 24.4 Å². The Morgan fingerprint density at radius 1 is 1.19 bits per heavy atom. The summed E-state index contributed by atoms with van der Waals surface area (Å²) in [6.45, 7) is 2.64. The van der Waals surface area contributed by atoms with Crippen LogP contribution in [0.2, 0.25) is 0 Å². The second kappa shape index (κ2) is 7.35. The minimum Gasteiger partial charge on any atom is -0.497 e. The average molecular weight is 361 g/mol. The van der Waals surface area contributed by atoms with Gasteiger partial charge in [-0.05, 0) is 25.2 Å². The lowest BCUT2D eigenvalue weighted by Crippen LogP contribution is -2.47. The van der Waals surface area contributed by atoms with Gasteiger partial charge >= 0.3 is 11.9 Å². The molecule has 0 unspecified atom stereocenters. The first kappa shape index (κ1) is 18.2. The molecule has 1 aromatic carbocycles. The number of rotatable bonds is 6. The second-order valence-electron chi connectivity index (χ2n) is 6.57. The highest BCUT2D eigenvalue weighted by atomic mass is 16.5. The van der Waals surface area contributed by atoms with Crippen LogP contribution in [-0.4, -0.2) is 76.9 Å². The van der Waals surface area contributed by atoms with Gasteiger partial charge in [0.2, 0.25) is 0 Å². The minimum atomic E-state index is -0.976.